The fourth-order valence-electron chi connectivity index (χ4n) is 1.27. The molecule has 0 aromatic carbocycles. The number of pyridine rings is 1. The minimum Gasteiger partial charge on any atom is -0.382 e. The largest absolute Gasteiger partial charge is 0.382 e. The lowest BCUT2D eigenvalue weighted by Crippen LogP contribution is -2.09. The van der Waals surface area contributed by atoms with Crippen LogP contribution < -0.4 is 5.32 Å². The number of nitrogens with zero attached hydrogens (tertiary/aromatic N) is 3. The Hall–Kier alpha value is -1.71. The van der Waals surface area contributed by atoms with Crippen molar-refractivity contribution in [2.75, 3.05) is 5.32 Å². The van der Waals surface area contributed by atoms with Gasteiger partial charge in [-0.2, -0.15) is 0 Å². The highest BCUT2D eigenvalue weighted by atomic mass is 14.9. The van der Waals surface area contributed by atoms with E-state index in [4.69, 9.17) is 0 Å². The molecule has 0 unspecified atom stereocenters. The Kier molecular flexibility index (Phi) is 2.26. The van der Waals surface area contributed by atoms with Crippen molar-refractivity contribution in [3.8, 4) is 0 Å². The van der Waals surface area contributed by atoms with E-state index in [0.29, 0.717) is 11.7 Å². The highest BCUT2D eigenvalue weighted by Gasteiger charge is 1.99. The fourth-order valence-corrected chi connectivity index (χ4v) is 1.27. The molecule has 0 aliphatic heterocycles. The molecule has 14 heavy (non-hydrogen) atoms. The number of hydrogen-bond acceptors (Lipinski definition) is 4. The Balaban J connectivity index is 2.41. The smallest absolute Gasteiger partial charge is 0.178 e. The topological polar surface area (TPSA) is 50.7 Å². The van der Waals surface area contributed by atoms with Gasteiger partial charge in [-0.05, 0) is 19.9 Å². The molecule has 2 aromatic heterocycles. The molecule has 0 atom stereocenters. The van der Waals surface area contributed by atoms with Gasteiger partial charge >= 0.3 is 0 Å². The summed E-state index contributed by atoms with van der Waals surface area (Å²) in [6.45, 7) is 4.17. The van der Waals surface area contributed by atoms with Crippen molar-refractivity contribution in [3.05, 3.63) is 24.7 Å². The summed E-state index contributed by atoms with van der Waals surface area (Å²) in [4.78, 5) is 12.5. The van der Waals surface area contributed by atoms with Crippen LogP contribution in [0.4, 0.5) is 5.69 Å². The van der Waals surface area contributed by atoms with E-state index in [9.17, 15) is 0 Å². The van der Waals surface area contributed by atoms with Crippen molar-refractivity contribution in [1.82, 2.24) is 15.0 Å². The molecule has 2 heterocycles. The van der Waals surface area contributed by atoms with E-state index >= 15 is 0 Å². The first-order valence-electron chi connectivity index (χ1n) is 4.59. The van der Waals surface area contributed by atoms with E-state index in [1.54, 1.807) is 18.6 Å². The lowest BCUT2D eigenvalue weighted by atomic mass is 10.3. The van der Waals surface area contributed by atoms with Crippen LogP contribution in [-0.2, 0) is 0 Å². The summed E-state index contributed by atoms with van der Waals surface area (Å²) < 4.78 is 0. The van der Waals surface area contributed by atoms with Gasteiger partial charge in [0.1, 0.15) is 5.52 Å². The highest BCUT2D eigenvalue weighted by molar-refractivity contribution is 5.73. The van der Waals surface area contributed by atoms with Crippen molar-refractivity contribution in [2.24, 2.45) is 0 Å². The second-order valence-electron chi connectivity index (χ2n) is 3.42. The third-order valence-electron chi connectivity index (χ3n) is 1.78. The maximum absolute atomic E-state index is 4.20. The van der Waals surface area contributed by atoms with Crippen LogP contribution in [0.3, 0.4) is 0 Å². The van der Waals surface area contributed by atoms with Gasteiger partial charge < -0.3 is 5.32 Å². The first-order valence-corrected chi connectivity index (χ1v) is 4.59. The standard InChI is InChI=1S/C10H12N4/c1-7(2)14-8-5-9-10(13-6-8)12-4-3-11-9/h3-7,14H,1-2H3. The molecule has 0 saturated heterocycles. The Labute approximate surface area is 82.4 Å². The molecule has 0 saturated carbocycles. The van der Waals surface area contributed by atoms with E-state index < -0.39 is 0 Å². The van der Waals surface area contributed by atoms with Crippen molar-refractivity contribution in [1.29, 1.82) is 0 Å². The van der Waals surface area contributed by atoms with E-state index in [1.807, 2.05) is 6.07 Å². The van der Waals surface area contributed by atoms with Crippen molar-refractivity contribution >= 4 is 16.9 Å². The molecular weight excluding hydrogens is 176 g/mol. The average molecular weight is 188 g/mol. The third-order valence-corrected chi connectivity index (χ3v) is 1.78. The normalized spacial score (nSPS) is 10.8. The van der Waals surface area contributed by atoms with Gasteiger partial charge in [-0.15, -0.1) is 0 Å². The average Bonchev–Trinajstić information content (AvgIpc) is 2.17. The molecule has 0 aliphatic rings. The van der Waals surface area contributed by atoms with Crippen LogP contribution in [0, 0.1) is 0 Å². The minimum atomic E-state index is 0.394. The molecule has 1 N–H and O–H groups in total. The highest BCUT2D eigenvalue weighted by Crippen LogP contribution is 2.12. The van der Waals surface area contributed by atoms with Gasteiger partial charge in [-0.25, -0.2) is 9.97 Å². The van der Waals surface area contributed by atoms with Gasteiger partial charge in [0, 0.05) is 18.4 Å². The number of rotatable bonds is 2. The third kappa shape index (κ3) is 1.79. The molecule has 72 valence electrons. The van der Waals surface area contributed by atoms with Crippen LogP contribution in [0.25, 0.3) is 11.2 Å². The number of anilines is 1. The molecule has 0 bridgehead atoms. The second kappa shape index (κ2) is 3.57. The van der Waals surface area contributed by atoms with Crippen LogP contribution in [0.2, 0.25) is 0 Å². The van der Waals surface area contributed by atoms with E-state index in [-0.39, 0.29) is 0 Å². The van der Waals surface area contributed by atoms with Crippen LogP contribution in [0.1, 0.15) is 13.8 Å². The summed E-state index contributed by atoms with van der Waals surface area (Å²) in [6.07, 6.45) is 5.09. The molecule has 2 aromatic rings. The molecule has 2 rings (SSSR count). The molecule has 0 amide bonds. The molecule has 0 fully saturated rings. The van der Waals surface area contributed by atoms with E-state index in [0.717, 1.165) is 11.2 Å². The summed E-state index contributed by atoms with van der Waals surface area (Å²) in [7, 11) is 0. The van der Waals surface area contributed by atoms with E-state index in [1.165, 1.54) is 0 Å². The number of nitrogens with one attached hydrogen (secondary N) is 1. The summed E-state index contributed by atoms with van der Waals surface area (Å²) in [6, 6.07) is 2.35. The number of fused-ring (bicyclic) bond motifs is 1. The predicted molar refractivity (Wildman–Crippen MR) is 56.1 cm³/mol. The van der Waals surface area contributed by atoms with Gasteiger partial charge in [0.2, 0.25) is 0 Å². The van der Waals surface area contributed by atoms with Crippen LogP contribution in [0.5, 0.6) is 0 Å². The quantitative estimate of drug-likeness (QED) is 0.781. The summed E-state index contributed by atoms with van der Waals surface area (Å²) >= 11 is 0. The number of hydrogen-bond donors (Lipinski definition) is 1. The summed E-state index contributed by atoms with van der Waals surface area (Å²) in [5.74, 6) is 0. The Bertz CT molecular complexity index is 439. The van der Waals surface area contributed by atoms with Gasteiger partial charge in [-0.3, -0.25) is 4.98 Å². The van der Waals surface area contributed by atoms with Gasteiger partial charge in [-0.1, -0.05) is 0 Å². The zero-order valence-electron chi connectivity index (χ0n) is 8.23. The summed E-state index contributed by atoms with van der Waals surface area (Å²) in [5.41, 5.74) is 2.48. The molecule has 4 heteroatoms. The van der Waals surface area contributed by atoms with Gasteiger partial charge in [0.25, 0.3) is 0 Å². The Morgan fingerprint density at radius 2 is 1.93 bits per heavy atom. The van der Waals surface area contributed by atoms with Gasteiger partial charge in [0.05, 0.1) is 11.9 Å². The zero-order chi connectivity index (χ0) is 9.97. The Morgan fingerprint density at radius 3 is 2.71 bits per heavy atom. The molecule has 0 spiro atoms. The SMILES string of the molecule is CC(C)Nc1cnc2nccnc2c1. The number of aromatic nitrogens is 3. The second-order valence-corrected chi connectivity index (χ2v) is 3.42. The van der Waals surface area contributed by atoms with Crippen LogP contribution in [0.15, 0.2) is 24.7 Å². The van der Waals surface area contributed by atoms with Gasteiger partial charge in [0.15, 0.2) is 5.65 Å². The maximum Gasteiger partial charge on any atom is 0.178 e. The maximum atomic E-state index is 4.20. The van der Waals surface area contributed by atoms with E-state index in [2.05, 4.69) is 34.1 Å². The molecule has 4 nitrogen and oxygen atoms in total. The van der Waals surface area contributed by atoms with Crippen molar-refractivity contribution in [3.63, 3.8) is 0 Å². The molecule has 0 aliphatic carbocycles. The lowest BCUT2D eigenvalue weighted by Gasteiger charge is -2.09. The summed E-state index contributed by atoms with van der Waals surface area (Å²) in [5, 5.41) is 3.27. The van der Waals surface area contributed by atoms with Crippen molar-refractivity contribution < 1.29 is 0 Å². The first kappa shape index (κ1) is 8.87. The lowest BCUT2D eigenvalue weighted by molar-refractivity contribution is 0.898. The fraction of sp³-hybridized carbons (Fsp3) is 0.300. The molecular formula is C10H12N4. The first-order chi connectivity index (χ1) is 6.75. The van der Waals surface area contributed by atoms with Crippen molar-refractivity contribution in [2.45, 2.75) is 19.9 Å². The minimum absolute atomic E-state index is 0.394. The van der Waals surface area contributed by atoms with Crippen LogP contribution >= 0.6 is 0 Å². The Morgan fingerprint density at radius 1 is 1.14 bits per heavy atom. The van der Waals surface area contributed by atoms with Crippen LogP contribution in [-0.4, -0.2) is 21.0 Å². The molecule has 0 radical (unpaired) electrons. The predicted octanol–water partition coefficient (Wildman–Crippen LogP) is 1.85. The zero-order valence-corrected chi connectivity index (χ0v) is 8.23. The monoisotopic (exact) mass is 188 g/mol.